The first-order chi connectivity index (χ1) is 18.4. The summed E-state index contributed by atoms with van der Waals surface area (Å²) >= 11 is 0. The van der Waals surface area contributed by atoms with Gasteiger partial charge in [0, 0.05) is 36.0 Å². The maximum absolute atomic E-state index is 6.26. The zero-order chi connectivity index (χ0) is 27.9. The van der Waals surface area contributed by atoms with Gasteiger partial charge in [0.1, 0.15) is 6.61 Å². The quantitative estimate of drug-likeness (QED) is 0.131. The molecule has 0 aliphatic rings. The molecule has 7 nitrogen and oxygen atoms in total. The van der Waals surface area contributed by atoms with Crippen LogP contribution in [0.3, 0.4) is 0 Å². The lowest BCUT2D eigenvalue weighted by atomic mass is 10.1. The van der Waals surface area contributed by atoms with Crippen molar-refractivity contribution in [3.05, 3.63) is 103 Å². The Bertz CT molecular complexity index is 1260. The van der Waals surface area contributed by atoms with E-state index in [1.54, 1.807) is 38.6 Å². The molecule has 0 saturated carbocycles. The zero-order valence-corrected chi connectivity index (χ0v) is 23.0. The molecule has 200 valence electrons. The van der Waals surface area contributed by atoms with Crippen molar-refractivity contribution in [2.24, 2.45) is 10.7 Å². The number of pyridine rings is 2. The molecule has 0 bridgehead atoms. The van der Waals surface area contributed by atoms with Gasteiger partial charge in [0.05, 0.1) is 31.4 Å². The van der Waals surface area contributed by atoms with E-state index >= 15 is 0 Å². The van der Waals surface area contributed by atoms with Gasteiger partial charge in [-0.25, -0.2) is 9.98 Å². The van der Waals surface area contributed by atoms with Crippen LogP contribution in [0.1, 0.15) is 42.7 Å². The summed E-state index contributed by atoms with van der Waals surface area (Å²) in [6, 6.07) is 11.6. The normalized spacial score (nSPS) is 11.2. The van der Waals surface area contributed by atoms with E-state index in [9.17, 15) is 0 Å². The minimum Gasteiger partial charge on any atom is -0.493 e. The van der Waals surface area contributed by atoms with Crippen LogP contribution in [-0.4, -0.2) is 30.0 Å². The molecule has 0 unspecified atom stereocenters. The Morgan fingerprint density at radius 2 is 1.71 bits per heavy atom. The molecule has 2 aromatic heterocycles. The third-order valence-electron chi connectivity index (χ3n) is 5.49. The molecule has 3 aromatic rings. The van der Waals surface area contributed by atoms with E-state index < -0.39 is 0 Å². The summed E-state index contributed by atoms with van der Waals surface area (Å²) in [6.07, 6.45) is 10.4. The van der Waals surface area contributed by atoms with Crippen LogP contribution in [0.4, 0.5) is 5.69 Å². The van der Waals surface area contributed by atoms with Crippen molar-refractivity contribution >= 4 is 17.1 Å². The van der Waals surface area contributed by atoms with Gasteiger partial charge in [-0.15, -0.1) is 6.58 Å². The molecule has 2 heterocycles. The topological polar surface area (TPSA) is 91.9 Å². The summed E-state index contributed by atoms with van der Waals surface area (Å²) in [5, 5.41) is 0. The lowest BCUT2D eigenvalue weighted by molar-refractivity contribution is 0.283. The number of hydrogen-bond donors (Lipinski definition) is 1. The second-order valence-electron chi connectivity index (χ2n) is 8.27. The minimum absolute atomic E-state index is 0.375. The highest BCUT2D eigenvalue weighted by Crippen LogP contribution is 2.29. The third kappa shape index (κ3) is 8.92. The summed E-state index contributed by atoms with van der Waals surface area (Å²) in [5.41, 5.74) is 11.8. The number of nitrogens with zero attached hydrogens (tertiary/aromatic N) is 3. The van der Waals surface area contributed by atoms with E-state index in [4.69, 9.17) is 19.9 Å². The van der Waals surface area contributed by atoms with E-state index in [1.165, 1.54) is 0 Å². The highest BCUT2D eigenvalue weighted by Gasteiger charge is 2.09. The van der Waals surface area contributed by atoms with Crippen LogP contribution >= 0.6 is 0 Å². The van der Waals surface area contributed by atoms with Gasteiger partial charge < -0.3 is 19.9 Å². The van der Waals surface area contributed by atoms with Gasteiger partial charge in [0.2, 0.25) is 5.88 Å². The van der Waals surface area contributed by atoms with Gasteiger partial charge >= 0.3 is 0 Å². The average molecular weight is 515 g/mol. The molecule has 0 saturated heterocycles. The number of benzene rings is 1. The summed E-state index contributed by atoms with van der Waals surface area (Å²) in [6.45, 7) is 13.4. The molecule has 3 rings (SSSR count). The van der Waals surface area contributed by atoms with Crippen LogP contribution in [0.5, 0.6) is 17.4 Å². The monoisotopic (exact) mass is 514 g/mol. The first kappa shape index (κ1) is 29.8. The standard InChI is InChI=1S/C28H32N4O3.C3H6/c1-6-22(7-2)23-15-24(19(3)30-17-23)32-27(29)12-9-20-8-11-25(26(14-20)33-4)35-18-21-10-13-28(34-5)31-16-21;1-3-2/h6-8,10-11,13-17H,1,9,12,18H2,2-5H3,(H2,29,32);3H,1H2,2H3/b22-7+;. The molecular formula is C31H38N4O3. The maximum atomic E-state index is 6.26. The average Bonchev–Trinajstić information content (AvgIpc) is 2.94. The SMILES string of the molecule is C=C/C(=C\C)c1cnc(C)c(N=C(N)CCc2ccc(OCc3ccc(OC)nc3)c(OC)c2)c1.C=CC. The molecule has 0 aliphatic heterocycles. The number of nitrogens with two attached hydrogens (primary N) is 1. The van der Waals surface area contributed by atoms with Crippen LogP contribution in [0, 0.1) is 6.92 Å². The smallest absolute Gasteiger partial charge is 0.212 e. The van der Waals surface area contributed by atoms with Gasteiger partial charge in [-0.05, 0) is 62.6 Å². The zero-order valence-electron chi connectivity index (χ0n) is 23.0. The molecule has 7 heteroatoms. The van der Waals surface area contributed by atoms with Crippen molar-refractivity contribution in [1.82, 2.24) is 9.97 Å². The lowest BCUT2D eigenvalue weighted by Crippen LogP contribution is -2.12. The van der Waals surface area contributed by atoms with Crippen molar-refractivity contribution in [3.8, 4) is 17.4 Å². The fraction of sp³-hybridized carbons (Fsp3) is 0.258. The molecule has 1 aromatic carbocycles. The Kier molecular flexibility index (Phi) is 12.3. The number of hydrogen-bond acceptors (Lipinski definition) is 6. The maximum Gasteiger partial charge on any atom is 0.212 e. The predicted molar refractivity (Wildman–Crippen MR) is 156 cm³/mol. The fourth-order valence-corrected chi connectivity index (χ4v) is 3.44. The number of amidine groups is 1. The molecule has 0 atom stereocenters. The number of aryl methyl sites for hydroxylation is 2. The number of aliphatic imine (C=N–C) groups is 1. The molecule has 2 N–H and O–H groups in total. The van der Waals surface area contributed by atoms with Crippen molar-refractivity contribution in [3.63, 3.8) is 0 Å². The fourth-order valence-electron chi connectivity index (χ4n) is 3.44. The summed E-state index contributed by atoms with van der Waals surface area (Å²) in [7, 11) is 3.21. The minimum atomic E-state index is 0.375. The molecule has 0 amide bonds. The Hall–Kier alpha value is -4.39. The molecule has 0 fully saturated rings. The van der Waals surface area contributed by atoms with E-state index in [2.05, 4.69) is 28.1 Å². The Labute approximate surface area is 226 Å². The van der Waals surface area contributed by atoms with Crippen LogP contribution in [-0.2, 0) is 13.0 Å². The van der Waals surface area contributed by atoms with Crippen LogP contribution < -0.4 is 19.9 Å². The first-order valence-corrected chi connectivity index (χ1v) is 12.3. The second kappa shape index (κ2) is 15.7. The van der Waals surface area contributed by atoms with E-state index in [0.29, 0.717) is 42.7 Å². The predicted octanol–water partition coefficient (Wildman–Crippen LogP) is 6.78. The van der Waals surface area contributed by atoms with E-state index in [0.717, 1.165) is 33.6 Å². The van der Waals surface area contributed by atoms with Gasteiger partial charge in [0.15, 0.2) is 11.5 Å². The van der Waals surface area contributed by atoms with Gasteiger partial charge in [0.25, 0.3) is 0 Å². The van der Waals surface area contributed by atoms with Crippen molar-refractivity contribution in [1.29, 1.82) is 0 Å². The van der Waals surface area contributed by atoms with Crippen molar-refractivity contribution < 1.29 is 14.2 Å². The van der Waals surface area contributed by atoms with Crippen LogP contribution in [0.25, 0.3) is 5.57 Å². The number of ether oxygens (including phenoxy) is 3. The number of allylic oxidation sites excluding steroid dienone is 4. The molecule has 0 aliphatic carbocycles. The Morgan fingerprint density at radius 3 is 2.32 bits per heavy atom. The largest absolute Gasteiger partial charge is 0.493 e. The third-order valence-corrected chi connectivity index (χ3v) is 5.49. The number of methoxy groups -OCH3 is 2. The number of aromatic nitrogens is 2. The summed E-state index contributed by atoms with van der Waals surface area (Å²) in [4.78, 5) is 13.3. The highest BCUT2D eigenvalue weighted by atomic mass is 16.5. The summed E-state index contributed by atoms with van der Waals surface area (Å²) in [5.74, 6) is 2.43. The van der Waals surface area contributed by atoms with E-state index in [-0.39, 0.29) is 0 Å². The molecular weight excluding hydrogens is 476 g/mol. The number of rotatable bonds is 11. The summed E-state index contributed by atoms with van der Waals surface area (Å²) < 4.78 is 16.6. The molecule has 0 spiro atoms. The lowest BCUT2D eigenvalue weighted by Gasteiger charge is -2.12. The van der Waals surface area contributed by atoms with Gasteiger partial charge in [-0.1, -0.05) is 30.9 Å². The van der Waals surface area contributed by atoms with Crippen LogP contribution in [0.2, 0.25) is 0 Å². The van der Waals surface area contributed by atoms with Gasteiger partial charge in [-0.3, -0.25) is 4.98 Å². The highest BCUT2D eigenvalue weighted by molar-refractivity contribution is 5.84. The molecule has 0 radical (unpaired) electrons. The van der Waals surface area contributed by atoms with Gasteiger partial charge in [-0.2, -0.15) is 0 Å². The molecule has 38 heavy (non-hydrogen) atoms. The van der Waals surface area contributed by atoms with E-state index in [1.807, 2.05) is 63.4 Å². The van der Waals surface area contributed by atoms with Crippen molar-refractivity contribution in [2.75, 3.05) is 14.2 Å². The Balaban J connectivity index is 0.00000161. The first-order valence-electron chi connectivity index (χ1n) is 12.3. The second-order valence-corrected chi connectivity index (χ2v) is 8.27. The Morgan fingerprint density at radius 1 is 0.974 bits per heavy atom. The van der Waals surface area contributed by atoms with Crippen LogP contribution in [0.15, 0.2) is 85.2 Å². The van der Waals surface area contributed by atoms with Crippen molar-refractivity contribution in [2.45, 2.75) is 40.2 Å².